The van der Waals surface area contributed by atoms with Crippen LogP contribution in [0.5, 0.6) is 0 Å². The van der Waals surface area contributed by atoms with Gasteiger partial charge in [0.1, 0.15) is 10.7 Å². The molecule has 1 atom stereocenters. The predicted molar refractivity (Wildman–Crippen MR) is 128 cm³/mol. The van der Waals surface area contributed by atoms with Gasteiger partial charge in [-0.05, 0) is 70.4 Å². The SMILES string of the molecule is Cc1ccccc1C(=O)Nc1cc(F)c(S(=O)(=O)NC(C)C2CCN(C)CC2)cc1Cl.Cl. The summed E-state index contributed by atoms with van der Waals surface area (Å²) in [4.78, 5) is 14.2. The molecule has 0 spiro atoms. The molecule has 1 unspecified atom stereocenters. The number of aryl methyl sites for hydroxylation is 1. The first kappa shape index (κ1) is 26.5. The van der Waals surface area contributed by atoms with Gasteiger partial charge in [0, 0.05) is 17.7 Å². The molecule has 1 aliphatic rings. The quantitative estimate of drug-likeness (QED) is 0.609. The Kier molecular flexibility index (Phi) is 9.07. The van der Waals surface area contributed by atoms with Crippen LogP contribution >= 0.6 is 24.0 Å². The molecule has 1 amide bonds. The number of carbonyl (C=O) groups is 1. The van der Waals surface area contributed by atoms with Crippen LogP contribution in [-0.4, -0.2) is 45.4 Å². The highest BCUT2D eigenvalue weighted by Crippen LogP contribution is 2.29. The third kappa shape index (κ3) is 6.20. The van der Waals surface area contributed by atoms with Gasteiger partial charge in [-0.2, -0.15) is 0 Å². The predicted octanol–water partition coefficient (Wildman–Crippen LogP) is 4.47. The van der Waals surface area contributed by atoms with Gasteiger partial charge in [0.15, 0.2) is 0 Å². The number of hydrogen-bond donors (Lipinski definition) is 2. The Bertz CT molecular complexity index is 1070. The van der Waals surface area contributed by atoms with Crippen molar-refractivity contribution in [2.24, 2.45) is 5.92 Å². The maximum absolute atomic E-state index is 14.8. The van der Waals surface area contributed by atoms with Gasteiger partial charge < -0.3 is 10.2 Å². The minimum Gasteiger partial charge on any atom is -0.321 e. The Hall–Kier alpha value is -1.71. The van der Waals surface area contributed by atoms with E-state index in [2.05, 4.69) is 14.9 Å². The van der Waals surface area contributed by atoms with Gasteiger partial charge in [-0.25, -0.2) is 17.5 Å². The molecule has 0 aromatic heterocycles. The highest BCUT2D eigenvalue weighted by atomic mass is 35.5. The van der Waals surface area contributed by atoms with E-state index in [1.165, 1.54) is 0 Å². The number of halogens is 3. The number of likely N-dealkylation sites (tertiary alicyclic amines) is 1. The Morgan fingerprint density at radius 3 is 2.47 bits per heavy atom. The van der Waals surface area contributed by atoms with Crippen LogP contribution in [0.1, 0.15) is 35.7 Å². The molecule has 2 aromatic rings. The lowest BCUT2D eigenvalue weighted by Crippen LogP contribution is -2.43. The highest BCUT2D eigenvalue weighted by Gasteiger charge is 2.29. The van der Waals surface area contributed by atoms with Crippen LogP contribution in [0.25, 0.3) is 0 Å². The van der Waals surface area contributed by atoms with Crippen molar-refractivity contribution >= 4 is 45.6 Å². The molecule has 0 bridgehead atoms. The minimum absolute atomic E-state index is 0. The van der Waals surface area contributed by atoms with Gasteiger partial charge in [-0.3, -0.25) is 4.79 Å². The monoisotopic (exact) mass is 503 g/mol. The van der Waals surface area contributed by atoms with E-state index in [0.717, 1.165) is 43.6 Å². The van der Waals surface area contributed by atoms with Crippen molar-refractivity contribution in [1.82, 2.24) is 9.62 Å². The molecule has 0 aliphatic carbocycles. The van der Waals surface area contributed by atoms with Crippen LogP contribution in [0, 0.1) is 18.7 Å². The van der Waals surface area contributed by atoms with Crippen molar-refractivity contribution in [3.63, 3.8) is 0 Å². The Morgan fingerprint density at radius 2 is 1.84 bits per heavy atom. The lowest BCUT2D eigenvalue weighted by atomic mass is 9.91. The van der Waals surface area contributed by atoms with Crippen molar-refractivity contribution in [3.8, 4) is 0 Å². The zero-order valence-electron chi connectivity index (χ0n) is 18.2. The summed E-state index contributed by atoms with van der Waals surface area (Å²) in [5, 5.41) is 2.49. The first-order valence-corrected chi connectivity index (χ1v) is 12.0. The Balaban J connectivity index is 0.00000363. The molecule has 2 aromatic carbocycles. The highest BCUT2D eigenvalue weighted by molar-refractivity contribution is 7.89. The third-order valence-corrected chi connectivity index (χ3v) is 7.65. The summed E-state index contributed by atoms with van der Waals surface area (Å²) in [5.74, 6) is -1.26. The van der Waals surface area contributed by atoms with Crippen molar-refractivity contribution in [3.05, 3.63) is 58.4 Å². The number of benzene rings is 2. The minimum atomic E-state index is -4.12. The summed E-state index contributed by atoms with van der Waals surface area (Å²) in [6.45, 7) is 5.37. The molecule has 176 valence electrons. The van der Waals surface area contributed by atoms with Crippen LogP contribution in [-0.2, 0) is 10.0 Å². The summed E-state index contributed by atoms with van der Waals surface area (Å²) in [5.41, 5.74) is 1.18. The molecule has 3 rings (SSSR count). The molecule has 32 heavy (non-hydrogen) atoms. The molecular formula is C22H28Cl2FN3O3S. The number of carbonyl (C=O) groups excluding carboxylic acids is 1. The average Bonchev–Trinajstić information content (AvgIpc) is 2.70. The maximum Gasteiger partial charge on any atom is 0.255 e. The zero-order valence-corrected chi connectivity index (χ0v) is 20.6. The first-order chi connectivity index (χ1) is 14.6. The second-order valence-corrected chi connectivity index (χ2v) is 10.2. The second kappa shape index (κ2) is 10.9. The molecule has 10 heteroatoms. The van der Waals surface area contributed by atoms with Crippen LogP contribution < -0.4 is 10.0 Å². The van der Waals surface area contributed by atoms with Gasteiger partial charge in [-0.15, -0.1) is 12.4 Å². The zero-order chi connectivity index (χ0) is 22.8. The van der Waals surface area contributed by atoms with Gasteiger partial charge in [0.2, 0.25) is 10.0 Å². The lowest BCUT2D eigenvalue weighted by Gasteiger charge is -2.32. The largest absolute Gasteiger partial charge is 0.321 e. The first-order valence-electron chi connectivity index (χ1n) is 10.2. The molecule has 1 fully saturated rings. The van der Waals surface area contributed by atoms with E-state index in [9.17, 15) is 17.6 Å². The van der Waals surface area contributed by atoms with Crippen molar-refractivity contribution in [1.29, 1.82) is 0 Å². The van der Waals surface area contributed by atoms with Crippen molar-refractivity contribution in [2.75, 3.05) is 25.5 Å². The average molecular weight is 504 g/mol. The molecule has 0 saturated carbocycles. The van der Waals surface area contributed by atoms with E-state index >= 15 is 0 Å². The van der Waals surface area contributed by atoms with E-state index in [1.807, 2.05) is 7.05 Å². The van der Waals surface area contributed by atoms with Crippen LogP contribution in [0.3, 0.4) is 0 Å². The van der Waals surface area contributed by atoms with Crippen molar-refractivity contribution in [2.45, 2.75) is 37.6 Å². The molecule has 2 N–H and O–H groups in total. The number of piperidine rings is 1. The topological polar surface area (TPSA) is 78.5 Å². The van der Waals surface area contributed by atoms with Gasteiger partial charge in [0.05, 0.1) is 10.7 Å². The fraction of sp³-hybridized carbons (Fsp3) is 0.409. The molecule has 1 saturated heterocycles. The van der Waals surface area contributed by atoms with Gasteiger partial charge >= 0.3 is 0 Å². The Morgan fingerprint density at radius 1 is 1.22 bits per heavy atom. The molecule has 0 radical (unpaired) electrons. The summed E-state index contributed by atoms with van der Waals surface area (Å²) in [6, 6.07) is 8.58. The summed E-state index contributed by atoms with van der Waals surface area (Å²) < 4.78 is 43.0. The van der Waals surface area contributed by atoms with Gasteiger partial charge in [0.25, 0.3) is 5.91 Å². The van der Waals surface area contributed by atoms with Crippen LogP contribution in [0.15, 0.2) is 41.3 Å². The number of nitrogens with one attached hydrogen (secondary N) is 2. The van der Waals surface area contributed by atoms with E-state index in [4.69, 9.17) is 11.6 Å². The summed E-state index contributed by atoms with van der Waals surface area (Å²) in [7, 11) is -2.09. The molecule has 6 nitrogen and oxygen atoms in total. The molecular weight excluding hydrogens is 476 g/mol. The van der Waals surface area contributed by atoms with Crippen LogP contribution in [0.2, 0.25) is 5.02 Å². The number of hydrogen-bond acceptors (Lipinski definition) is 4. The van der Waals surface area contributed by atoms with E-state index < -0.39 is 26.6 Å². The number of anilines is 1. The number of amides is 1. The third-order valence-electron chi connectivity index (χ3n) is 5.76. The van der Waals surface area contributed by atoms with E-state index in [1.54, 1.807) is 38.1 Å². The molecule has 1 aliphatic heterocycles. The number of rotatable bonds is 6. The van der Waals surface area contributed by atoms with Gasteiger partial charge in [-0.1, -0.05) is 29.8 Å². The number of nitrogens with zero attached hydrogens (tertiary/aromatic N) is 1. The van der Waals surface area contributed by atoms with Crippen molar-refractivity contribution < 1.29 is 17.6 Å². The van der Waals surface area contributed by atoms with E-state index in [0.29, 0.717) is 5.56 Å². The van der Waals surface area contributed by atoms with E-state index in [-0.39, 0.29) is 35.1 Å². The van der Waals surface area contributed by atoms with Crippen LogP contribution in [0.4, 0.5) is 10.1 Å². The Labute approximate surface area is 200 Å². The smallest absolute Gasteiger partial charge is 0.255 e. The lowest BCUT2D eigenvalue weighted by molar-refractivity contribution is 0.102. The maximum atomic E-state index is 14.8. The standard InChI is InChI=1S/C22H27ClFN3O3S.ClH/c1-14-6-4-5-7-17(14)22(28)25-20-13-19(24)21(12-18(20)23)31(29,30)26-15(2)16-8-10-27(3)11-9-16;/h4-7,12-13,15-16,26H,8-11H2,1-3H3,(H,25,28);1H. The molecule has 1 heterocycles. The fourth-order valence-corrected chi connectivity index (χ4v) is 5.45. The summed E-state index contributed by atoms with van der Waals surface area (Å²) >= 11 is 6.20. The number of sulfonamides is 1. The summed E-state index contributed by atoms with van der Waals surface area (Å²) in [6.07, 6.45) is 1.74. The normalized spacial score (nSPS) is 16.3. The second-order valence-electron chi connectivity index (χ2n) is 8.08. The fourth-order valence-electron chi connectivity index (χ4n) is 3.78.